The van der Waals surface area contributed by atoms with Crippen LogP contribution >= 0.6 is 0 Å². The van der Waals surface area contributed by atoms with Gasteiger partial charge in [-0.05, 0) is 18.4 Å². The van der Waals surface area contributed by atoms with Crippen LogP contribution in [0.3, 0.4) is 0 Å². The van der Waals surface area contributed by atoms with Crippen molar-refractivity contribution in [1.82, 2.24) is 20.1 Å². The molecule has 8 heteroatoms. The number of hydrogen-bond acceptors (Lipinski definition) is 4. The number of rotatable bonds is 7. The lowest BCUT2D eigenvalue weighted by atomic mass is 10.2. The molecule has 1 aromatic heterocycles. The van der Waals surface area contributed by atoms with Gasteiger partial charge in [-0.2, -0.15) is 0 Å². The molecule has 0 atom stereocenters. The normalized spacial score (nSPS) is 10.4. The third-order valence-corrected chi connectivity index (χ3v) is 3.06. The van der Waals surface area contributed by atoms with E-state index in [2.05, 4.69) is 15.5 Å². The van der Waals surface area contributed by atoms with E-state index in [0.717, 1.165) is 10.1 Å². The second-order valence-electron chi connectivity index (χ2n) is 4.71. The summed E-state index contributed by atoms with van der Waals surface area (Å²) in [4.78, 5) is 33.9. The zero-order valence-electron chi connectivity index (χ0n) is 12.0. The van der Waals surface area contributed by atoms with Crippen LogP contribution in [0.1, 0.15) is 18.4 Å². The van der Waals surface area contributed by atoms with Gasteiger partial charge in [-0.25, -0.2) is 29.1 Å². The molecule has 118 valence electrons. The Kier molecular flexibility index (Phi) is 5.58. The maximum Gasteiger partial charge on any atom is 0.407 e. The molecule has 1 heterocycles. The first-order valence-corrected chi connectivity index (χ1v) is 6.99. The first kappa shape index (κ1) is 15.6. The highest BCUT2D eigenvalue weighted by Crippen LogP contribution is 2.00. The summed E-state index contributed by atoms with van der Waals surface area (Å²) in [6.07, 6.45) is 0.748. The number of aromatic amines is 2. The van der Waals surface area contributed by atoms with Crippen molar-refractivity contribution in [1.29, 1.82) is 0 Å². The lowest BCUT2D eigenvalue weighted by Gasteiger charge is -2.07. The fourth-order valence-electron chi connectivity index (χ4n) is 1.90. The molecular formula is C14H18N4O4. The van der Waals surface area contributed by atoms with Crippen molar-refractivity contribution in [3.8, 4) is 0 Å². The molecule has 0 radical (unpaired) electrons. The standard InChI is InChI=1S/C14H18N4O4/c19-12-16-17-13(20)18(12)9-5-4-8-15-14(21)22-10-11-6-2-1-3-7-11/h1-3,6-7H,4-5,8-10H2,(H,15,21)(H,16,19)(H,17,20). The monoisotopic (exact) mass is 306 g/mol. The average molecular weight is 306 g/mol. The largest absolute Gasteiger partial charge is 0.445 e. The minimum Gasteiger partial charge on any atom is -0.445 e. The number of carbonyl (C=O) groups excluding carboxylic acids is 1. The summed E-state index contributed by atoms with van der Waals surface area (Å²) < 4.78 is 6.13. The SMILES string of the molecule is O=C(NCCCCn1c(=O)[nH][nH]c1=O)OCc1ccccc1. The van der Waals surface area contributed by atoms with Gasteiger partial charge in [-0.15, -0.1) is 0 Å². The van der Waals surface area contributed by atoms with Gasteiger partial charge < -0.3 is 10.1 Å². The Morgan fingerprint density at radius 1 is 1.09 bits per heavy atom. The number of nitrogens with one attached hydrogen (secondary N) is 3. The number of hydrogen-bond donors (Lipinski definition) is 3. The molecule has 0 aliphatic rings. The van der Waals surface area contributed by atoms with Crippen molar-refractivity contribution in [3.63, 3.8) is 0 Å². The summed E-state index contributed by atoms with van der Waals surface area (Å²) >= 11 is 0. The molecule has 0 aliphatic carbocycles. The minimum absolute atomic E-state index is 0.223. The fourth-order valence-corrected chi connectivity index (χ4v) is 1.90. The number of aromatic nitrogens is 3. The Morgan fingerprint density at radius 3 is 2.45 bits per heavy atom. The summed E-state index contributed by atoms with van der Waals surface area (Å²) in [5.74, 6) is 0. The van der Waals surface area contributed by atoms with E-state index in [1.165, 1.54) is 0 Å². The van der Waals surface area contributed by atoms with Crippen LogP contribution in [-0.4, -0.2) is 27.4 Å². The number of ether oxygens (including phenoxy) is 1. The first-order chi connectivity index (χ1) is 10.7. The van der Waals surface area contributed by atoms with E-state index < -0.39 is 17.5 Å². The number of nitrogens with zero attached hydrogens (tertiary/aromatic N) is 1. The number of benzene rings is 1. The van der Waals surface area contributed by atoms with Gasteiger partial charge in [-0.1, -0.05) is 30.3 Å². The van der Waals surface area contributed by atoms with Gasteiger partial charge in [0.05, 0.1) is 0 Å². The van der Waals surface area contributed by atoms with Crippen LogP contribution in [0, 0.1) is 0 Å². The van der Waals surface area contributed by atoms with Gasteiger partial charge in [0.15, 0.2) is 0 Å². The third-order valence-electron chi connectivity index (χ3n) is 3.06. The molecule has 1 amide bonds. The molecule has 3 N–H and O–H groups in total. The van der Waals surface area contributed by atoms with Crippen molar-refractivity contribution >= 4 is 6.09 Å². The molecule has 8 nitrogen and oxygen atoms in total. The van der Waals surface area contributed by atoms with E-state index >= 15 is 0 Å². The van der Waals surface area contributed by atoms with Crippen LogP contribution in [0.25, 0.3) is 0 Å². The number of carbonyl (C=O) groups is 1. The van der Waals surface area contributed by atoms with Gasteiger partial charge in [0.2, 0.25) is 0 Å². The Balaban J connectivity index is 1.59. The van der Waals surface area contributed by atoms with Crippen LogP contribution < -0.4 is 16.7 Å². The molecule has 0 unspecified atom stereocenters. The second kappa shape index (κ2) is 7.87. The molecule has 22 heavy (non-hydrogen) atoms. The number of amides is 1. The summed E-state index contributed by atoms with van der Waals surface area (Å²) in [6, 6.07) is 9.39. The first-order valence-electron chi connectivity index (χ1n) is 6.99. The van der Waals surface area contributed by atoms with Crippen LogP contribution in [0.4, 0.5) is 4.79 Å². The van der Waals surface area contributed by atoms with E-state index in [1.54, 1.807) is 0 Å². The van der Waals surface area contributed by atoms with Gasteiger partial charge in [-0.3, -0.25) is 0 Å². The molecule has 0 saturated carbocycles. The third kappa shape index (κ3) is 4.65. The fraction of sp³-hybridized carbons (Fsp3) is 0.357. The Hall–Kier alpha value is -2.77. The molecule has 1 aromatic carbocycles. The van der Waals surface area contributed by atoms with Crippen LogP contribution in [0.15, 0.2) is 39.9 Å². The Labute approximate surface area is 126 Å². The highest BCUT2D eigenvalue weighted by Gasteiger charge is 2.04. The highest BCUT2D eigenvalue weighted by atomic mass is 16.5. The molecule has 0 bridgehead atoms. The summed E-state index contributed by atoms with van der Waals surface area (Å²) in [5, 5.41) is 7.04. The number of H-pyrrole nitrogens is 2. The van der Waals surface area contributed by atoms with Crippen molar-refractivity contribution < 1.29 is 9.53 Å². The van der Waals surface area contributed by atoms with Gasteiger partial charge in [0.1, 0.15) is 6.61 Å². The van der Waals surface area contributed by atoms with Crippen molar-refractivity contribution in [2.24, 2.45) is 0 Å². The number of unbranched alkanes of at least 4 members (excludes halogenated alkanes) is 1. The summed E-state index contributed by atoms with van der Waals surface area (Å²) in [5.41, 5.74) is 0.00386. The van der Waals surface area contributed by atoms with E-state index in [0.29, 0.717) is 25.9 Å². The topological polar surface area (TPSA) is 109 Å². The maximum atomic E-state index is 11.5. The molecule has 0 fully saturated rings. The van der Waals surface area contributed by atoms with Crippen molar-refractivity contribution in [2.45, 2.75) is 26.0 Å². The predicted molar refractivity (Wildman–Crippen MR) is 79.5 cm³/mol. The van der Waals surface area contributed by atoms with Crippen molar-refractivity contribution in [3.05, 3.63) is 56.9 Å². The Morgan fingerprint density at radius 2 is 1.77 bits per heavy atom. The van der Waals surface area contributed by atoms with Crippen LogP contribution in [0.5, 0.6) is 0 Å². The van der Waals surface area contributed by atoms with Gasteiger partial charge in [0.25, 0.3) is 0 Å². The van der Waals surface area contributed by atoms with E-state index in [4.69, 9.17) is 4.74 Å². The second-order valence-corrected chi connectivity index (χ2v) is 4.71. The quantitative estimate of drug-likeness (QED) is 0.650. The minimum atomic E-state index is -0.486. The molecule has 2 rings (SSSR count). The molecular weight excluding hydrogens is 288 g/mol. The molecule has 0 aliphatic heterocycles. The van der Waals surface area contributed by atoms with Crippen LogP contribution in [0.2, 0.25) is 0 Å². The van der Waals surface area contributed by atoms with E-state index in [9.17, 15) is 14.4 Å². The van der Waals surface area contributed by atoms with E-state index in [-0.39, 0.29) is 6.61 Å². The van der Waals surface area contributed by atoms with Crippen LogP contribution in [-0.2, 0) is 17.9 Å². The summed E-state index contributed by atoms with van der Waals surface area (Å²) in [7, 11) is 0. The number of alkyl carbamates (subject to hydrolysis) is 1. The maximum absolute atomic E-state index is 11.5. The molecule has 0 saturated heterocycles. The van der Waals surface area contributed by atoms with Gasteiger partial charge in [0, 0.05) is 13.1 Å². The lowest BCUT2D eigenvalue weighted by molar-refractivity contribution is 0.139. The van der Waals surface area contributed by atoms with Crippen molar-refractivity contribution in [2.75, 3.05) is 6.54 Å². The summed E-state index contributed by atoms with van der Waals surface area (Å²) in [6.45, 7) is 0.948. The van der Waals surface area contributed by atoms with Gasteiger partial charge >= 0.3 is 17.5 Å². The lowest BCUT2D eigenvalue weighted by Crippen LogP contribution is -2.28. The van der Waals surface area contributed by atoms with E-state index in [1.807, 2.05) is 30.3 Å². The highest BCUT2D eigenvalue weighted by molar-refractivity contribution is 5.67. The average Bonchev–Trinajstić information content (AvgIpc) is 2.85. The Bertz CT molecular complexity index is 674. The zero-order valence-corrected chi connectivity index (χ0v) is 12.0. The smallest absolute Gasteiger partial charge is 0.407 e. The molecule has 2 aromatic rings. The molecule has 0 spiro atoms. The zero-order chi connectivity index (χ0) is 15.8. The predicted octanol–water partition coefficient (Wildman–Crippen LogP) is 0.571.